The van der Waals surface area contributed by atoms with Gasteiger partial charge in [0.15, 0.2) is 17.2 Å². The van der Waals surface area contributed by atoms with E-state index in [9.17, 15) is 29.7 Å². The molecular weight excluding hydrogens is 484 g/mol. The van der Waals surface area contributed by atoms with Crippen LogP contribution in [0.25, 0.3) is 11.1 Å². The van der Waals surface area contributed by atoms with Gasteiger partial charge in [-0.15, -0.1) is 0 Å². The molecule has 3 aliphatic rings. The lowest BCUT2D eigenvalue weighted by Crippen LogP contribution is -2.56. The van der Waals surface area contributed by atoms with Gasteiger partial charge >= 0.3 is 0 Å². The molecular formula is C31H32O7. The van der Waals surface area contributed by atoms with Gasteiger partial charge in [-0.05, 0) is 92.0 Å². The number of benzene rings is 2. The van der Waals surface area contributed by atoms with E-state index in [4.69, 9.17) is 4.74 Å². The van der Waals surface area contributed by atoms with E-state index in [2.05, 4.69) is 0 Å². The lowest BCUT2D eigenvalue weighted by molar-refractivity contribution is -0.140. The summed E-state index contributed by atoms with van der Waals surface area (Å²) in [5.74, 6) is -2.53. The van der Waals surface area contributed by atoms with Crippen molar-refractivity contribution < 1.29 is 34.4 Å². The van der Waals surface area contributed by atoms with E-state index in [1.807, 2.05) is 38.1 Å². The minimum atomic E-state index is -2.05. The van der Waals surface area contributed by atoms with Crippen LogP contribution in [-0.4, -0.2) is 44.9 Å². The Labute approximate surface area is 221 Å². The van der Waals surface area contributed by atoms with Crippen LogP contribution in [0, 0.1) is 11.8 Å². The Balaban J connectivity index is 1.65. The number of ketones is 3. The summed E-state index contributed by atoms with van der Waals surface area (Å²) >= 11 is 0. The van der Waals surface area contributed by atoms with Crippen LogP contribution in [0.1, 0.15) is 62.0 Å². The summed E-state index contributed by atoms with van der Waals surface area (Å²) in [6, 6.07) is 9.24. The van der Waals surface area contributed by atoms with Crippen molar-refractivity contribution >= 4 is 17.3 Å². The third-order valence-corrected chi connectivity index (χ3v) is 8.46. The Morgan fingerprint density at radius 2 is 1.84 bits per heavy atom. The number of phenolic OH excluding ortho intramolecular Hbond substituents is 1. The van der Waals surface area contributed by atoms with Crippen molar-refractivity contribution in [1.82, 2.24) is 0 Å². The molecule has 0 heterocycles. The van der Waals surface area contributed by atoms with E-state index >= 15 is 0 Å². The molecule has 2 aromatic rings. The number of carbonyl (C=O) groups excluding carboxylic acids is 3. The van der Waals surface area contributed by atoms with Gasteiger partial charge in [-0.2, -0.15) is 0 Å². The number of aryl methyl sites for hydroxylation is 1. The highest BCUT2D eigenvalue weighted by Crippen LogP contribution is 2.53. The largest absolute Gasteiger partial charge is 0.511 e. The monoisotopic (exact) mass is 516 g/mol. The van der Waals surface area contributed by atoms with Gasteiger partial charge in [0, 0.05) is 17.9 Å². The van der Waals surface area contributed by atoms with Crippen LogP contribution < -0.4 is 4.74 Å². The number of hydrogen-bond acceptors (Lipinski definition) is 7. The molecule has 7 nitrogen and oxygen atoms in total. The van der Waals surface area contributed by atoms with Gasteiger partial charge in [0.2, 0.25) is 5.78 Å². The highest BCUT2D eigenvalue weighted by molar-refractivity contribution is 6.25. The van der Waals surface area contributed by atoms with Crippen molar-refractivity contribution in [2.45, 2.75) is 59.0 Å². The van der Waals surface area contributed by atoms with Gasteiger partial charge in [0.1, 0.15) is 22.8 Å². The molecule has 0 saturated heterocycles. The van der Waals surface area contributed by atoms with Crippen LogP contribution in [0.3, 0.4) is 0 Å². The number of fused-ring (bicyclic) bond motifs is 3. The van der Waals surface area contributed by atoms with Crippen molar-refractivity contribution in [1.29, 1.82) is 0 Å². The van der Waals surface area contributed by atoms with Gasteiger partial charge in [-0.1, -0.05) is 19.1 Å². The maximum Gasteiger partial charge on any atom is 0.205 e. The van der Waals surface area contributed by atoms with E-state index in [1.165, 1.54) is 13.0 Å². The van der Waals surface area contributed by atoms with Crippen LogP contribution in [0.4, 0.5) is 0 Å². The van der Waals surface area contributed by atoms with Crippen molar-refractivity contribution in [3.63, 3.8) is 0 Å². The normalized spacial score (nSPS) is 24.7. The Hall–Kier alpha value is -3.71. The molecule has 5 rings (SSSR count). The van der Waals surface area contributed by atoms with Crippen molar-refractivity contribution in [2.24, 2.45) is 11.8 Å². The molecule has 0 amide bonds. The molecule has 7 heteroatoms. The third-order valence-electron chi connectivity index (χ3n) is 8.46. The van der Waals surface area contributed by atoms with Gasteiger partial charge in [0.05, 0.1) is 12.2 Å². The first-order valence-electron chi connectivity index (χ1n) is 13.1. The number of phenols is 1. The maximum absolute atomic E-state index is 13.9. The molecule has 3 aliphatic carbocycles. The van der Waals surface area contributed by atoms with Gasteiger partial charge in [0.25, 0.3) is 0 Å². The molecule has 0 radical (unpaired) electrons. The number of aliphatic hydroxyl groups is 2. The second-order valence-electron chi connectivity index (χ2n) is 10.5. The minimum Gasteiger partial charge on any atom is -0.511 e. The summed E-state index contributed by atoms with van der Waals surface area (Å²) in [4.78, 5) is 39.4. The quantitative estimate of drug-likeness (QED) is 0.487. The molecule has 2 aromatic carbocycles. The van der Waals surface area contributed by atoms with Crippen LogP contribution in [0.15, 0.2) is 52.8 Å². The molecule has 0 spiro atoms. The standard InChI is InChI=1S/C31H32O7/c1-5-17-11-18(7-10-25(17)38-6-2)21-8-9-23(33)28-22(21)13-19-12-20-14-24(34)27(16(4)32)30(36)31(20,37)15(3)26(19)29(28)35/h7-11,19-20,33-34,37H,5-6,12-14H2,1-4H3/t19-,20+,31-/m1/s1. The Bertz CT molecular complexity index is 1460. The fraction of sp³-hybridized carbons (Fsp3) is 0.387. The van der Waals surface area contributed by atoms with Crippen LogP contribution in [0.5, 0.6) is 11.5 Å². The number of carbonyl (C=O) groups is 3. The highest BCUT2D eigenvalue weighted by atomic mass is 16.5. The lowest BCUT2D eigenvalue weighted by atomic mass is 9.57. The van der Waals surface area contributed by atoms with Crippen molar-refractivity contribution in [2.75, 3.05) is 6.61 Å². The van der Waals surface area contributed by atoms with E-state index in [-0.39, 0.29) is 41.4 Å². The maximum atomic E-state index is 13.9. The second kappa shape index (κ2) is 9.24. The van der Waals surface area contributed by atoms with Crippen molar-refractivity contribution in [3.8, 4) is 22.6 Å². The van der Waals surface area contributed by atoms with E-state index in [1.54, 1.807) is 6.92 Å². The molecule has 3 atom stereocenters. The number of Topliss-reactive ketones (excluding diaryl/α,β-unsaturated/α-hetero) is 3. The van der Waals surface area contributed by atoms with E-state index in [0.717, 1.165) is 34.4 Å². The lowest BCUT2D eigenvalue weighted by Gasteiger charge is -2.47. The molecule has 0 aromatic heterocycles. The Morgan fingerprint density at radius 3 is 2.50 bits per heavy atom. The zero-order valence-electron chi connectivity index (χ0n) is 22.1. The fourth-order valence-electron chi connectivity index (χ4n) is 6.67. The topological polar surface area (TPSA) is 121 Å². The molecule has 38 heavy (non-hydrogen) atoms. The highest BCUT2D eigenvalue weighted by Gasteiger charge is 2.57. The third kappa shape index (κ3) is 3.63. The molecule has 0 unspecified atom stereocenters. The zero-order chi connectivity index (χ0) is 27.5. The number of ether oxygens (including phenoxy) is 1. The SMILES string of the molecule is CCOc1ccc(-c2ccc(O)c3c2C[C@H]2C[C@H]4CC(O)=C(C(C)=O)C(=O)[C@@]4(O)C(C)=C2C3=O)cc1CC. The summed E-state index contributed by atoms with van der Waals surface area (Å²) in [7, 11) is 0. The Kier molecular flexibility index (Phi) is 6.30. The average molecular weight is 517 g/mol. The van der Waals surface area contributed by atoms with E-state index in [0.29, 0.717) is 18.6 Å². The molecule has 198 valence electrons. The number of hydrogen-bond donors (Lipinski definition) is 3. The number of aliphatic hydroxyl groups excluding tert-OH is 1. The minimum absolute atomic E-state index is 0.0228. The summed E-state index contributed by atoms with van der Waals surface area (Å²) < 4.78 is 5.75. The number of aromatic hydroxyl groups is 1. The second-order valence-corrected chi connectivity index (χ2v) is 10.5. The molecule has 0 saturated carbocycles. The number of rotatable bonds is 5. The smallest absolute Gasteiger partial charge is 0.205 e. The molecule has 0 fully saturated rings. The van der Waals surface area contributed by atoms with E-state index < -0.39 is 34.4 Å². The Morgan fingerprint density at radius 1 is 1.11 bits per heavy atom. The van der Waals surface area contributed by atoms with Crippen LogP contribution in [-0.2, 0) is 22.4 Å². The van der Waals surface area contributed by atoms with Crippen molar-refractivity contribution in [3.05, 3.63) is 69.5 Å². The summed E-state index contributed by atoms with van der Waals surface area (Å²) in [5.41, 5.74) is 1.73. The molecule has 0 aliphatic heterocycles. The first-order valence-corrected chi connectivity index (χ1v) is 13.1. The molecule has 0 bridgehead atoms. The van der Waals surface area contributed by atoms with Crippen LogP contribution >= 0.6 is 0 Å². The fourth-order valence-corrected chi connectivity index (χ4v) is 6.67. The first kappa shape index (κ1) is 25.9. The van der Waals surface area contributed by atoms with Gasteiger partial charge in [-0.3, -0.25) is 14.4 Å². The summed E-state index contributed by atoms with van der Waals surface area (Å²) in [5, 5.41) is 33.0. The van der Waals surface area contributed by atoms with Gasteiger partial charge < -0.3 is 20.1 Å². The summed E-state index contributed by atoms with van der Waals surface area (Å²) in [6.07, 6.45) is 1.46. The van der Waals surface area contributed by atoms with Gasteiger partial charge in [-0.25, -0.2) is 0 Å². The number of allylic oxidation sites excluding steroid dienone is 2. The summed E-state index contributed by atoms with van der Waals surface area (Å²) in [6.45, 7) is 7.27. The van der Waals surface area contributed by atoms with Crippen LogP contribution in [0.2, 0.25) is 0 Å². The molecule has 3 N–H and O–H groups in total. The predicted molar refractivity (Wildman–Crippen MR) is 141 cm³/mol. The average Bonchev–Trinajstić information content (AvgIpc) is 2.86. The predicted octanol–water partition coefficient (Wildman–Crippen LogP) is 4.82. The zero-order valence-corrected chi connectivity index (χ0v) is 22.1. The first-order chi connectivity index (χ1) is 18.0.